The Kier molecular flexibility index (Phi) is 33.5. The highest BCUT2D eigenvalue weighted by molar-refractivity contribution is 5.92. The summed E-state index contributed by atoms with van der Waals surface area (Å²) >= 11 is 0. The molecular weight excluding hydrogens is 977 g/mol. The lowest BCUT2D eigenvalue weighted by atomic mass is 9.76. The molecule has 0 saturated heterocycles. The molecule has 0 fully saturated rings. The van der Waals surface area contributed by atoms with E-state index in [4.69, 9.17) is 28.4 Å². The molecule has 0 aromatic heterocycles. The number of carbonyl (C=O) groups is 7. The number of esters is 1. The largest absolute Gasteiger partial charge is 0.506 e. The van der Waals surface area contributed by atoms with Gasteiger partial charge in [0.05, 0.1) is 64.4 Å². The standard InChI is InChI=1S/C58H92N4O14/c1-43(39-44(2)57(3,4)5)40-46-23-24-51(65)49(41-46)61-54(68)22-13-12-21-50(64)48(62-56(70)75-42-45-17-10-9-11-18-45)20-14-15-29-59-52(66)26-33-72-34-27-53(67)60-30-36-73-32-25-47(63)19-16-31-71-37-38-74-35-28-55(69)76-58(6,7)8/h9-11,17-18,23-24,41,43-44,48,65H,12-16,19-22,25-40,42H2,1-8H3,(H,59,66)(H,60,67)(H,61,68)(H,62,70)/t43-,44?,48+/m1/s1. The van der Waals surface area contributed by atoms with Gasteiger partial charge in [0.2, 0.25) is 17.7 Å². The van der Waals surface area contributed by atoms with Gasteiger partial charge in [0.1, 0.15) is 23.7 Å². The summed E-state index contributed by atoms with van der Waals surface area (Å²) in [5.74, 6) is -0.184. The van der Waals surface area contributed by atoms with Crippen molar-refractivity contribution in [3.8, 4) is 5.75 Å². The number of benzene rings is 2. The molecule has 2 rings (SSSR count). The van der Waals surface area contributed by atoms with Crippen LogP contribution in [0.4, 0.5) is 10.5 Å². The summed E-state index contributed by atoms with van der Waals surface area (Å²) in [6.45, 7) is 19.5. The Hall–Kier alpha value is -5.43. The van der Waals surface area contributed by atoms with Gasteiger partial charge in [0, 0.05) is 58.2 Å². The maximum absolute atomic E-state index is 13.4. The smallest absolute Gasteiger partial charge is 0.408 e. The SMILES string of the molecule is CC(C[C@@H](C)Cc1ccc(O)c(NC(=O)CCCCC(=O)[C@H](CCCCNC(=O)CCOCCC(=O)NCCOCCC(=O)CCCOCCOCCC(=O)OC(C)(C)C)NC(=O)OCc2ccccc2)c1)C(C)(C)C. The number of anilines is 1. The lowest BCUT2D eigenvalue weighted by Gasteiger charge is -2.29. The van der Waals surface area contributed by atoms with Crippen molar-refractivity contribution in [1.29, 1.82) is 0 Å². The summed E-state index contributed by atoms with van der Waals surface area (Å²) in [7, 11) is 0. The highest BCUT2D eigenvalue weighted by Crippen LogP contribution is 2.33. The Morgan fingerprint density at radius 1 is 0.592 bits per heavy atom. The lowest BCUT2D eigenvalue weighted by molar-refractivity contribution is -0.156. The zero-order valence-corrected chi connectivity index (χ0v) is 47.0. The van der Waals surface area contributed by atoms with Crippen LogP contribution in [0.15, 0.2) is 48.5 Å². The number of ketones is 2. The molecule has 0 heterocycles. The number of amides is 4. The first kappa shape index (κ1) is 66.7. The molecule has 0 aliphatic heterocycles. The summed E-state index contributed by atoms with van der Waals surface area (Å²) in [5.41, 5.74) is 1.90. The number of Topliss-reactive ketones (excluding diaryl/α,β-unsaturated/α-hetero) is 2. The van der Waals surface area contributed by atoms with Crippen molar-refractivity contribution < 1.29 is 67.1 Å². The molecule has 0 saturated carbocycles. The summed E-state index contributed by atoms with van der Waals surface area (Å²) in [6.07, 6.45) is 5.33. The van der Waals surface area contributed by atoms with Crippen molar-refractivity contribution >= 4 is 47.0 Å². The van der Waals surface area contributed by atoms with Gasteiger partial charge in [-0.2, -0.15) is 0 Å². The second kappa shape index (κ2) is 38.2. The van der Waals surface area contributed by atoms with E-state index in [9.17, 15) is 38.7 Å². The minimum atomic E-state index is -0.817. The van der Waals surface area contributed by atoms with E-state index >= 15 is 0 Å². The zero-order valence-electron chi connectivity index (χ0n) is 47.0. The Bertz CT molecular complexity index is 2020. The van der Waals surface area contributed by atoms with Crippen molar-refractivity contribution in [3.63, 3.8) is 0 Å². The minimum absolute atomic E-state index is 0.00545. The minimum Gasteiger partial charge on any atom is -0.506 e. The average Bonchev–Trinajstić information content (AvgIpc) is 3.35. The number of aromatic hydroxyl groups is 1. The molecule has 0 aliphatic rings. The van der Waals surface area contributed by atoms with Crippen LogP contribution in [0.3, 0.4) is 0 Å². The van der Waals surface area contributed by atoms with Gasteiger partial charge in [0.25, 0.3) is 0 Å². The van der Waals surface area contributed by atoms with E-state index in [2.05, 4.69) is 55.9 Å². The summed E-state index contributed by atoms with van der Waals surface area (Å²) in [4.78, 5) is 87.5. The molecule has 2 aromatic carbocycles. The summed E-state index contributed by atoms with van der Waals surface area (Å²) in [5, 5.41) is 21.6. The van der Waals surface area contributed by atoms with E-state index in [1.54, 1.807) is 6.07 Å². The molecule has 0 bridgehead atoms. The fraction of sp³-hybridized carbons (Fsp3) is 0.672. The van der Waals surface area contributed by atoms with Crippen LogP contribution in [0, 0.1) is 17.3 Å². The number of ether oxygens (including phenoxy) is 6. The van der Waals surface area contributed by atoms with E-state index in [0.717, 1.165) is 24.0 Å². The quantitative estimate of drug-likeness (QED) is 0.0238. The predicted molar refractivity (Wildman–Crippen MR) is 292 cm³/mol. The molecule has 0 spiro atoms. The Balaban J connectivity index is 1.59. The highest BCUT2D eigenvalue weighted by Gasteiger charge is 2.24. The van der Waals surface area contributed by atoms with E-state index in [0.29, 0.717) is 88.8 Å². The maximum atomic E-state index is 13.4. The number of phenols is 1. The van der Waals surface area contributed by atoms with Gasteiger partial charge in [-0.25, -0.2) is 4.79 Å². The van der Waals surface area contributed by atoms with Crippen molar-refractivity contribution in [2.24, 2.45) is 17.3 Å². The fourth-order valence-corrected chi connectivity index (χ4v) is 7.67. The van der Waals surface area contributed by atoms with Gasteiger partial charge in [-0.1, -0.05) is 71.0 Å². The molecule has 18 heteroatoms. The monoisotopic (exact) mass is 1070 g/mol. The van der Waals surface area contributed by atoms with Gasteiger partial charge in [-0.3, -0.25) is 28.8 Å². The fourth-order valence-electron chi connectivity index (χ4n) is 7.67. The normalized spacial score (nSPS) is 12.7. The number of phenolic OH excluding ortho intramolecular Hbond substituents is 1. The molecule has 4 amide bonds. The van der Waals surface area contributed by atoms with Crippen LogP contribution in [0.5, 0.6) is 5.75 Å². The number of hydrogen-bond donors (Lipinski definition) is 5. The molecule has 1 unspecified atom stereocenters. The van der Waals surface area contributed by atoms with Crippen LogP contribution in [-0.4, -0.2) is 124 Å². The van der Waals surface area contributed by atoms with Crippen LogP contribution in [0.1, 0.15) is 156 Å². The third kappa shape index (κ3) is 34.3. The topological polar surface area (TPSA) is 243 Å². The first-order valence-corrected chi connectivity index (χ1v) is 27.3. The summed E-state index contributed by atoms with van der Waals surface area (Å²) < 4.78 is 32.4. The Labute approximate surface area is 452 Å². The molecular formula is C58H92N4O14. The van der Waals surface area contributed by atoms with Gasteiger partial charge < -0.3 is 54.8 Å². The number of hydrogen-bond acceptors (Lipinski definition) is 14. The van der Waals surface area contributed by atoms with Crippen LogP contribution >= 0.6 is 0 Å². The molecule has 2 aromatic rings. The molecule has 18 nitrogen and oxygen atoms in total. The molecule has 0 radical (unpaired) electrons. The lowest BCUT2D eigenvalue weighted by Crippen LogP contribution is -2.41. The first-order chi connectivity index (χ1) is 36.1. The Morgan fingerprint density at radius 2 is 1.21 bits per heavy atom. The second-order valence-electron chi connectivity index (χ2n) is 21.5. The molecule has 3 atom stereocenters. The van der Waals surface area contributed by atoms with Crippen molar-refractivity contribution in [1.82, 2.24) is 16.0 Å². The van der Waals surface area contributed by atoms with Crippen LogP contribution in [0.2, 0.25) is 0 Å². The van der Waals surface area contributed by atoms with Gasteiger partial charge in [-0.15, -0.1) is 0 Å². The number of rotatable bonds is 41. The van der Waals surface area contributed by atoms with E-state index in [1.807, 2.05) is 63.2 Å². The van der Waals surface area contributed by atoms with Gasteiger partial charge in [0.15, 0.2) is 5.78 Å². The van der Waals surface area contributed by atoms with Crippen molar-refractivity contribution in [2.75, 3.05) is 71.3 Å². The van der Waals surface area contributed by atoms with E-state index in [1.165, 1.54) is 0 Å². The first-order valence-electron chi connectivity index (χ1n) is 27.3. The average molecular weight is 1070 g/mol. The maximum Gasteiger partial charge on any atom is 0.408 e. The van der Waals surface area contributed by atoms with Gasteiger partial charge >= 0.3 is 12.1 Å². The predicted octanol–water partition coefficient (Wildman–Crippen LogP) is 8.73. The van der Waals surface area contributed by atoms with Crippen LogP contribution in [0.25, 0.3) is 0 Å². The van der Waals surface area contributed by atoms with E-state index in [-0.39, 0.29) is 131 Å². The van der Waals surface area contributed by atoms with Crippen LogP contribution < -0.4 is 21.3 Å². The molecule has 428 valence electrons. The Morgan fingerprint density at radius 3 is 1.89 bits per heavy atom. The number of alkyl carbamates (subject to hydrolysis) is 1. The van der Waals surface area contributed by atoms with Gasteiger partial charge in [-0.05, 0) is 113 Å². The highest BCUT2D eigenvalue weighted by atomic mass is 16.6. The van der Waals surface area contributed by atoms with E-state index < -0.39 is 17.7 Å². The molecule has 5 N–H and O–H groups in total. The number of carbonyl (C=O) groups excluding carboxylic acids is 7. The zero-order chi connectivity index (χ0) is 56.2. The van der Waals surface area contributed by atoms with Crippen molar-refractivity contribution in [3.05, 3.63) is 59.7 Å². The molecule has 76 heavy (non-hydrogen) atoms. The summed E-state index contributed by atoms with van der Waals surface area (Å²) in [6, 6.07) is 13.7. The third-order valence-electron chi connectivity index (χ3n) is 12.4. The second-order valence-corrected chi connectivity index (χ2v) is 21.5. The number of unbranched alkanes of at least 4 members (excludes halogenated alkanes) is 2. The molecule has 0 aliphatic carbocycles. The van der Waals surface area contributed by atoms with Crippen molar-refractivity contribution in [2.45, 2.75) is 170 Å². The third-order valence-corrected chi connectivity index (χ3v) is 12.4. The van der Waals surface area contributed by atoms with Crippen LogP contribution in [-0.2, 0) is 70.2 Å². The number of nitrogens with one attached hydrogen (secondary N) is 4.